The second-order valence-corrected chi connectivity index (χ2v) is 7.73. The van der Waals surface area contributed by atoms with Gasteiger partial charge in [-0.05, 0) is 24.3 Å². The lowest BCUT2D eigenvalue weighted by molar-refractivity contribution is 0.0998. The van der Waals surface area contributed by atoms with Crippen LogP contribution in [-0.2, 0) is 7.05 Å². The smallest absolute Gasteiger partial charge is 0.282 e. The second-order valence-electron chi connectivity index (χ2n) is 4.43. The standard InChI is InChI=1S/C14H10Cl2N2O2S2/c1-18-9-4-3-7(20-2)5-10(9)21-14(18)17-13(19)8-6-11(15)22-12(8)16/h3-6H,1-2H3. The van der Waals surface area contributed by atoms with E-state index in [9.17, 15) is 4.79 Å². The van der Waals surface area contributed by atoms with Crippen LogP contribution >= 0.6 is 45.9 Å². The number of ether oxygens (including phenoxy) is 1. The van der Waals surface area contributed by atoms with Crippen LogP contribution in [0.4, 0.5) is 0 Å². The van der Waals surface area contributed by atoms with Gasteiger partial charge in [-0.3, -0.25) is 4.79 Å². The summed E-state index contributed by atoms with van der Waals surface area (Å²) in [6, 6.07) is 7.26. The van der Waals surface area contributed by atoms with Crippen LogP contribution in [0.1, 0.15) is 10.4 Å². The van der Waals surface area contributed by atoms with Gasteiger partial charge in [0.1, 0.15) is 10.1 Å². The highest BCUT2D eigenvalue weighted by atomic mass is 35.5. The number of thiazole rings is 1. The van der Waals surface area contributed by atoms with Gasteiger partial charge in [0.15, 0.2) is 4.80 Å². The molecule has 114 valence electrons. The number of nitrogens with zero attached hydrogens (tertiary/aromatic N) is 2. The quantitative estimate of drug-likeness (QED) is 0.670. The molecular weight excluding hydrogens is 363 g/mol. The normalized spacial score (nSPS) is 12.1. The zero-order valence-electron chi connectivity index (χ0n) is 11.6. The third-order valence-corrected chi connectivity index (χ3v) is 5.68. The Kier molecular flexibility index (Phi) is 4.27. The molecule has 0 saturated heterocycles. The largest absolute Gasteiger partial charge is 0.497 e. The number of rotatable bonds is 2. The van der Waals surface area contributed by atoms with Crippen molar-refractivity contribution in [2.45, 2.75) is 0 Å². The van der Waals surface area contributed by atoms with Gasteiger partial charge >= 0.3 is 0 Å². The van der Waals surface area contributed by atoms with E-state index in [0.29, 0.717) is 19.0 Å². The molecule has 0 aliphatic heterocycles. The highest BCUT2D eigenvalue weighted by Crippen LogP contribution is 2.31. The van der Waals surface area contributed by atoms with Gasteiger partial charge in [0.2, 0.25) is 0 Å². The first-order valence-electron chi connectivity index (χ1n) is 6.17. The Morgan fingerprint density at radius 3 is 2.68 bits per heavy atom. The molecule has 22 heavy (non-hydrogen) atoms. The van der Waals surface area contributed by atoms with Crippen molar-refractivity contribution in [3.05, 3.63) is 43.3 Å². The van der Waals surface area contributed by atoms with E-state index in [1.165, 1.54) is 17.4 Å². The molecule has 0 fully saturated rings. The second kappa shape index (κ2) is 6.04. The molecule has 0 atom stereocenters. The number of hydrogen-bond acceptors (Lipinski definition) is 4. The molecular formula is C14H10Cl2N2O2S2. The molecule has 0 aliphatic carbocycles. The minimum atomic E-state index is -0.401. The first-order valence-corrected chi connectivity index (χ1v) is 8.56. The predicted molar refractivity (Wildman–Crippen MR) is 91.6 cm³/mol. The number of hydrogen-bond donors (Lipinski definition) is 0. The average molecular weight is 373 g/mol. The van der Waals surface area contributed by atoms with E-state index in [2.05, 4.69) is 4.99 Å². The van der Waals surface area contributed by atoms with E-state index < -0.39 is 5.91 Å². The zero-order chi connectivity index (χ0) is 15.9. The van der Waals surface area contributed by atoms with Crippen molar-refractivity contribution in [1.82, 2.24) is 4.57 Å². The van der Waals surface area contributed by atoms with Gasteiger partial charge in [-0.25, -0.2) is 0 Å². The molecule has 0 saturated carbocycles. The van der Waals surface area contributed by atoms with Crippen molar-refractivity contribution in [2.24, 2.45) is 12.0 Å². The van der Waals surface area contributed by atoms with Gasteiger partial charge in [-0.2, -0.15) is 4.99 Å². The number of methoxy groups -OCH3 is 1. The van der Waals surface area contributed by atoms with Crippen LogP contribution in [0.3, 0.4) is 0 Å². The number of aromatic nitrogens is 1. The fourth-order valence-electron chi connectivity index (χ4n) is 1.98. The molecule has 0 aliphatic rings. The average Bonchev–Trinajstić information content (AvgIpc) is 2.98. The summed E-state index contributed by atoms with van der Waals surface area (Å²) in [5.41, 5.74) is 1.30. The minimum Gasteiger partial charge on any atom is -0.497 e. The summed E-state index contributed by atoms with van der Waals surface area (Å²) < 4.78 is 8.88. The molecule has 0 bridgehead atoms. The maximum atomic E-state index is 12.3. The number of halogens is 2. The number of aryl methyl sites for hydroxylation is 1. The third-order valence-electron chi connectivity index (χ3n) is 3.10. The lowest BCUT2D eigenvalue weighted by atomic mass is 10.3. The molecule has 3 aromatic rings. The summed E-state index contributed by atoms with van der Waals surface area (Å²) in [6.07, 6.45) is 0. The van der Waals surface area contributed by atoms with Crippen LogP contribution in [0.15, 0.2) is 29.3 Å². The minimum absolute atomic E-state index is 0.326. The van der Waals surface area contributed by atoms with E-state index in [1.807, 2.05) is 29.8 Å². The highest BCUT2D eigenvalue weighted by Gasteiger charge is 2.14. The van der Waals surface area contributed by atoms with Crippen molar-refractivity contribution in [3.8, 4) is 5.75 Å². The van der Waals surface area contributed by atoms with Crippen LogP contribution in [0.5, 0.6) is 5.75 Å². The summed E-state index contributed by atoms with van der Waals surface area (Å²) in [4.78, 5) is 17.0. The topological polar surface area (TPSA) is 43.6 Å². The fraction of sp³-hybridized carbons (Fsp3) is 0.143. The highest BCUT2D eigenvalue weighted by molar-refractivity contribution is 7.20. The molecule has 1 amide bonds. The summed E-state index contributed by atoms with van der Waals surface area (Å²) in [6.45, 7) is 0. The summed E-state index contributed by atoms with van der Waals surface area (Å²) in [5, 5.41) is 0. The Balaban J connectivity index is 2.11. The molecule has 0 radical (unpaired) electrons. The Labute approximate surface area is 144 Å². The molecule has 2 heterocycles. The van der Waals surface area contributed by atoms with E-state index in [0.717, 1.165) is 27.3 Å². The van der Waals surface area contributed by atoms with Gasteiger partial charge in [0.05, 0.1) is 27.2 Å². The molecule has 0 unspecified atom stereocenters. The summed E-state index contributed by atoms with van der Waals surface area (Å²) in [7, 11) is 3.48. The molecule has 4 nitrogen and oxygen atoms in total. The van der Waals surface area contributed by atoms with Gasteiger partial charge in [-0.15, -0.1) is 11.3 Å². The summed E-state index contributed by atoms with van der Waals surface area (Å²) >= 11 is 14.4. The van der Waals surface area contributed by atoms with Crippen LogP contribution in [0.2, 0.25) is 8.67 Å². The number of carbonyl (C=O) groups excluding carboxylic acids is 1. The molecule has 2 aromatic heterocycles. The van der Waals surface area contributed by atoms with Crippen molar-refractivity contribution in [1.29, 1.82) is 0 Å². The van der Waals surface area contributed by atoms with Crippen molar-refractivity contribution in [2.75, 3.05) is 7.11 Å². The molecule has 0 N–H and O–H groups in total. The third kappa shape index (κ3) is 2.79. The molecule has 0 spiro atoms. The first kappa shape index (κ1) is 15.6. The SMILES string of the molecule is COc1ccc2c(c1)sc(=NC(=O)c1cc(Cl)sc1Cl)n2C. The van der Waals surface area contributed by atoms with Crippen LogP contribution < -0.4 is 9.54 Å². The lowest BCUT2D eigenvalue weighted by Gasteiger charge is -1.99. The van der Waals surface area contributed by atoms with Crippen LogP contribution in [0.25, 0.3) is 10.2 Å². The van der Waals surface area contributed by atoms with E-state index >= 15 is 0 Å². The maximum Gasteiger partial charge on any atom is 0.282 e. The van der Waals surface area contributed by atoms with E-state index in [4.69, 9.17) is 27.9 Å². The Hall–Kier alpha value is -1.34. The monoisotopic (exact) mass is 372 g/mol. The van der Waals surface area contributed by atoms with Gasteiger partial charge < -0.3 is 9.30 Å². The Morgan fingerprint density at radius 2 is 2.05 bits per heavy atom. The van der Waals surface area contributed by atoms with Crippen LogP contribution in [0, 0.1) is 0 Å². The van der Waals surface area contributed by atoms with Crippen molar-refractivity contribution >= 4 is 62.0 Å². The molecule has 3 rings (SSSR count). The number of amides is 1. The molecule has 8 heteroatoms. The zero-order valence-corrected chi connectivity index (χ0v) is 14.7. The number of benzene rings is 1. The van der Waals surface area contributed by atoms with Crippen molar-refractivity contribution in [3.63, 3.8) is 0 Å². The van der Waals surface area contributed by atoms with E-state index in [1.54, 1.807) is 7.11 Å². The Bertz CT molecular complexity index is 940. The van der Waals surface area contributed by atoms with Gasteiger partial charge in [0.25, 0.3) is 5.91 Å². The lowest BCUT2D eigenvalue weighted by Crippen LogP contribution is -2.13. The van der Waals surface area contributed by atoms with Crippen LogP contribution in [-0.4, -0.2) is 17.6 Å². The fourth-order valence-corrected chi connectivity index (χ4v) is 4.47. The van der Waals surface area contributed by atoms with E-state index in [-0.39, 0.29) is 0 Å². The van der Waals surface area contributed by atoms with Crippen molar-refractivity contribution < 1.29 is 9.53 Å². The number of fused-ring (bicyclic) bond motifs is 1. The predicted octanol–water partition coefficient (Wildman–Crippen LogP) is 4.36. The Morgan fingerprint density at radius 1 is 1.27 bits per heavy atom. The number of thiophene rings is 1. The van der Waals surface area contributed by atoms with Gasteiger partial charge in [0, 0.05) is 7.05 Å². The van der Waals surface area contributed by atoms with Gasteiger partial charge in [-0.1, -0.05) is 34.5 Å². The number of carbonyl (C=O) groups is 1. The summed E-state index contributed by atoms with van der Waals surface area (Å²) in [5.74, 6) is 0.363. The molecule has 1 aromatic carbocycles. The maximum absolute atomic E-state index is 12.3. The first-order chi connectivity index (χ1) is 10.5.